The van der Waals surface area contributed by atoms with E-state index in [0.29, 0.717) is 6.61 Å². The quantitative estimate of drug-likeness (QED) is 0.850. The Morgan fingerprint density at radius 3 is 3.10 bits per heavy atom. The molecule has 2 N–H and O–H groups in total. The number of aromatic nitrogens is 2. The normalized spacial score (nSPS) is 17.3. The molecular formula is C15H19N3O2S. The number of nitrogens with one attached hydrogen (secondary N) is 1. The fourth-order valence-electron chi connectivity index (χ4n) is 2.65. The monoisotopic (exact) mass is 305 g/mol. The molecular weight excluding hydrogens is 286 g/mol. The highest BCUT2D eigenvalue weighted by molar-refractivity contribution is 7.71. The van der Waals surface area contributed by atoms with Crippen LogP contribution >= 0.6 is 12.2 Å². The number of benzene rings is 1. The Bertz CT molecular complexity index is 692. The lowest BCUT2D eigenvalue weighted by Crippen LogP contribution is -2.24. The first kappa shape index (κ1) is 14.2. The molecule has 0 aliphatic carbocycles. The van der Waals surface area contributed by atoms with Crippen molar-refractivity contribution in [1.29, 1.82) is 0 Å². The summed E-state index contributed by atoms with van der Waals surface area (Å²) < 4.78 is 10.7. The molecule has 1 aromatic carbocycles. The minimum atomic E-state index is 0.169. The molecule has 0 saturated carbocycles. The summed E-state index contributed by atoms with van der Waals surface area (Å²) in [5, 5.41) is 12.7. The Kier molecular flexibility index (Phi) is 3.98. The molecule has 0 radical (unpaired) electrons. The van der Waals surface area contributed by atoms with Gasteiger partial charge in [-0.1, -0.05) is 0 Å². The molecule has 5 nitrogen and oxygen atoms in total. The lowest BCUT2D eigenvalue weighted by atomic mass is 10.0. The smallest absolute Gasteiger partial charge is 0.180 e. The molecule has 0 spiro atoms. The van der Waals surface area contributed by atoms with Crippen molar-refractivity contribution in [1.82, 2.24) is 14.5 Å². The maximum atomic E-state index is 9.61. The number of aromatic hydroxyl groups is 1. The first-order chi connectivity index (χ1) is 10.2. The van der Waals surface area contributed by atoms with Crippen LogP contribution in [0.3, 0.4) is 0 Å². The number of nitrogens with zero attached hydrogens (tertiary/aromatic N) is 2. The molecule has 2 aromatic rings. The number of rotatable bonds is 4. The van der Waals surface area contributed by atoms with E-state index in [1.165, 1.54) is 0 Å². The van der Waals surface area contributed by atoms with Crippen LogP contribution in [0.4, 0.5) is 0 Å². The van der Waals surface area contributed by atoms with Gasteiger partial charge in [-0.3, -0.25) is 0 Å². The van der Waals surface area contributed by atoms with Gasteiger partial charge in [0.05, 0.1) is 6.04 Å². The van der Waals surface area contributed by atoms with Crippen molar-refractivity contribution in [3.8, 4) is 11.5 Å². The second kappa shape index (κ2) is 5.91. The minimum absolute atomic E-state index is 0.169. The summed E-state index contributed by atoms with van der Waals surface area (Å²) in [6.07, 6.45) is 4.84. The summed E-state index contributed by atoms with van der Waals surface area (Å²) in [6, 6.07) is 5.41. The van der Waals surface area contributed by atoms with Gasteiger partial charge in [0, 0.05) is 31.9 Å². The third-order valence-corrected chi connectivity index (χ3v) is 4.25. The van der Waals surface area contributed by atoms with Crippen LogP contribution in [0.2, 0.25) is 0 Å². The number of phenolic OH excluding ortho intramolecular Hbond substituents is 1. The Balaban J connectivity index is 1.83. The summed E-state index contributed by atoms with van der Waals surface area (Å²) >= 11 is 5.54. The number of ether oxygens (including phenoxy) is 1. The lowest BCUT2D eigenvalue weighted by molar-refractivity contribution is 0.221. The average Bonchev–Trinajstić information content (AvgIpc) is 2.85. The molecule has 0 unspecified atom stereocenters. The largest absolute Gasteiger partial charge is 0.508 e. The fraction of sp³-hybridized carbons (Fsp3) is 0.400. The zero-order valence-electron chi connectivity index (χ0n) is 12.0. The summed E-state index contributed by atoms with van der Waals surface area (Å²) in [7, 11) is 1.93. The van der Waals surface area contributed by atoms with Crippen LogP contribution in [0.1, 0.15) is 11.6 Å². The second-order valence-electron chi connectivity index (χ2n) is 5.25. The number of imidazole rings is 1. The van der Waals surface area contributed by atoms with E-state index in [2.05, 4.69) is 14.5 Å². The predicted molar refractivity (Wildman–Crippen MR) is 83.5 cm³/mol. The van der Waals surface area contributed by atoms with Gasteiger partial charge in [0.2, 0.25) is 0 Å². The van der Waals surface area contributed by atoms with Crippen LogP contribution in [0.25, 0.3) is 0 Å². The fourth-order valence-corrected chi connectivity index (χ4v) is 3.01. The second-order valence-corrected chi connectivity index (χ2v) is 5.61. The average molecular weight is 305 g/mol. The Labute approximate surface area is 128 Å². The van der Waals surface area contributed by atoms with Gasteiger partial charge in [0.15, 0.2) is 4.77 Å². The highest BCUT2D eigenvalue weighted by Gasteiger charge is 2.22. The van der Waals surface area contributed by atoms with Gasteiger partial charge in [-0.05, 0) is 43.0 Å². The Hall–Kier alpha value is -1.79. The Morgan fingerprint density at radius 2 is 2.29 bits per heavy atom. The van der Waals surface area contributed by atoms with Gasteiger partial charge >= 0.3 is 0 Å². The van der Waals surface area contributed by atoms with Crippen molar-refractivity contribution in [2.75, 3.05) is 20.2 Å². The predicted octanol–water partition coefficient (Wildman–Crippen LogP) is 2.12. The van der Waals surface area contributed by atoms with Gasteiger partial charge < -0.3 is 24.3 Å². The molecule has 1 aromatic heterocycles. The van der Waals surface area contributed by atoms with E-state index < -0.39 is 0 Å². The van der Waals surface area contributed by atoms with Gasteiger partial charge in [0.25, 0.3) is 0 Å². The van der Waals surface area contributed by atoms with Crippen LogP contribution in [-0.2, 0) is 13.0 Å². The summed E-state index contributed by atoms with van der Waals surface area (Å²) in [5.41, 5.74) is 1.02. The number of hydrogen-bond acceptors (Lipinski definition) is 4. The number of phenols is 1. The van der Waals surface area contributed by atoms with Gasteiger partial charge in [0.1, 0.15) is 18.1 Å². The first-order valence-corrected chi connectivity index (χ1v) is 7.46. The summed E-state index contributed by atoms with van der Waals surface area (Å²) in [5.74, 6) is 1.12. The molecule has 1 atom stereocenters. The standard InChI is InChI=1S/C15H19N3O2S/c1-16-4-5-17-6-7-18(15(17)21)12-8-11-9-13(19)2-3-14(11)20-10-12/h2-3,6-7,9,12,16,19H,4-5,8,10H2,1H3/t12-/m1/s1. The minimum Gasteiger partial charge on any atom is -0.508 e. The van der Waals surface area contributed by atoms with E-state index in [-0.39, 0.29) is 11.8 Å². The van der Waals surface area contributed by atoms with Crippen molar-refractivity contribution < 1.29 is 9.84 Å². The molecule has 6 heteroatoms. The molecule has 2 heterocycles. The van der Waals surface area contributed by atoms with E-state index in [4.69, 9.17) is 17.0 Å². The van der Waals surface area contributed by atoms with E-state index in [9.17, 15) is 5.11 Å². The molecule has 1 aliphatic heterocycles. The van der Waals surface area contributed by atoms with Crippen molar-refractivity contribution in [2.45, 2.75) is 19.0 Å². The molecule has 0 amide bonds. The van der Waals surface area contributed by atoms with Crippen LogP contribution in [0.5, 0.6) is 11.5 Å². The highest BCUT2D eigenvalue weighted by atomic mass is 32.1. The first-order valence-electron chi connectivity index (χ1n) is 7.05. The van der Waals surface area contributed by atoms with Gasteiger partial charge in [-0.2, -0.15) is 0 Å². The molecule has 112 valence electrons. The van der Waals surface area contributed by atoms with Crippen LogP contribution in [0, 0.1) is 4.77 Å². The number of hydrogen-bond donors (Lipinski definition) is 2. The van der Waals surface area contributed by atoms with E-state index >= 15 is 0 Å². The van der Waals surface area contributed by atoms with Crippen LogP contribution in [-0.4, -0.2) is 34.4 Å². The third kappa shape index (κ3) is 2.82. The molecule has 0 saturated heterocycles. The highest BCUT2D eigenvalue weighted by Crippen LogP contribution is 2.32. The number of likely N-dealkylation sites (N-methyl/N-ethyl adjacent to an activating group) is 1. The maximum Gasteiger partial charge on any atom is 0.180 e. The van der Waals surface area contributed by atoms with E-state index in [1.54, 1.807) is 12.1 Å². The number of fused-ring (bicyclic) bond motifs is 1. The van der Waals surface area contributed by atoms with Crippen molar-refractivity contribution in [2.24, 2.45) is 0 Å². The maximum absolute atomic E-state index is 9.61. The van der Waals surface area contributed by atoms with Crippen LogP contribution < -0.4 is 10.1 Å². The van der Waals surface area contributed by atoms with E-state index in [0.717, 1.165) is 35.6 Å². The van der Waals surface area contributed by atoms with Gasteiger partial charge in [-0.25, -0.2) is 0 Å². The van der Waals surface area contributed by atoms with Crippen molar-refractivity contribution in [3.63, 3.8) is 0 Å². The topological polar surface area (TPSA) is 51.4 Å². The van der Waals surface area contributed by atoms with Crippen molar-refractivity contribution in [3.05, 3.63) is 40.9 Å². The zero-order valence-corrected chi connectivity index (χ0v) is 12.8. The summed E-state index contributed by atoms with van der Waals surface area (Å²) in [4.78, 5) is 0. The van der Waals surface area contributed by atoms with Crippen LogP contribution in [0.15, 0.2) is 30.6 Å². The van der Waals surface area contributed by atoms with E-state index in [1.807, 2.05) is 25.5 Å². The molecule has 21 heavy (non-hydrogen) atoms. The Morgan fingerprint density at radius 1 is 1.43 bits per heavy atom. The molecule has 3 rings (SSSR count). The molecule has 0 bridgehead atoms. The molecule has 0 fully saturated rings. The zero-order chi connectivity index (χ0) is 14.8. The molecule has 1 aliphatic rings. The van der Waals surface area contributed by atoms with Crippen molar-refractivity contribution >= 4 is 12.2 Å². The summed E-state index contributed by atoms with van der Waals surface area (Å²) in [6.45, 7) is 2.34. The SMILES string of the molecule is CNCCn1ccn([C@H]2COc3ccc(O)cc3C2)c1=S. The third-order valence-electron chi connectivity index (χ3n) is 3.80. The lowest BCUT2D eigenvalue weighted by Gasteiger charge is -2.26. The van der Waals surface area contributed by atoms with Gasteiger partial charge in [-0.15, -0.1) is 0 Å².